The molecule has 0 unspecified atom stereocenters. The van der Waals surface area contributed by atoms with Gasteiger partial charge in [0, 0.05) is 0 Å². The van der Waals surface area contributed by atoms with Crippen molar-refractivity contribution in [1.29, 1.82) is 0 Å². The molecule has 0 saturated carbocycles. The van der Waals surface area contributed by atoms with Gasteiger partial charge in [-0.1, -0.05) is 13.8 Å². The van der Waals surface area contributed by atoms with Crippen LogP contribution in [0.4, 0.5) is 0 Å². The lowest BCUT2D eigenvalue weighted by atomic mass is 9.90. The van der Waals surface area contributed by atoms with Crippen LogP contribution in [0.3, 0.4) is 0 Å². The summed E-state index contributed by atoms with van der Waals surface area (Å²) in [5.41, 5.74) is -0.321. The largest absolute Gasteiger partial charge is 0.454 e. The summed E-state index contributed by atoms with van der Waals surface area (Å²) in [6, 6.07) is 0. The maximum absolute atomic E-state index is 5.54. The Balaban J connectivity index is 0.000000561. The fourth-order valence-electron chi connectivity index (χ4n) is 1.14. The molecule has 1 fully saturated rings. The van der Waals surface area contributed by atoms with Gasteiger partial charge in [0.15, 0.2) is 0 Å². The van der Waals surface area contributed by atoms with Gasteiger partial charge in [0.25, 0.3) is 0 Å². The minimum atomic E-state index is -0.160. The quantitative estimate of drug-likeness (QED) is 0.523. The molecule has 1 heterocycles. The van der Waals surface area contributed by atoms with Crippen LogP contribution < -0.4 is 0 Å². The molecule has 0 amide bonds. The van der Waals surface area contributed by atoms with Gasteiger partial charge < -0.3 is 9.31 Å². The monoisotopic (exact) mass is 172 g/mol. The number of hydrogen-bond donors (Lipinski definition) is 0. The van der Waals surface area contributed by atoms with Gasteiger partial charge in [-0.15, -0.1) is 0 Å². The van der Waals surface area contributed by atoms with E-state index >= 15 is 0 Å². The summed E-state index contributed by atoms with van der Waals surface area (Å²) in [6.45, 7) is 14.1. The zero-order valence-corrected chi connectivity index (χ0v) is 9.39. The Labute approximate surface area is 76.8 Å². The Bertz CT molecular complexity index is 127. The van der Waals surface area contributed by atoms with E-state index in [1.54, 1.807) is 0 Å². The lowest BCUT2D eigenvalue weighted by molar-refractivity contribution is 0.00578. The second-order valence-corrected chi connectivity index (χ2v) is 3.82. The SMILES string of the molecule is CB1OC(C)(C)C(C)(C)O1.CC. The molecule has 1 aliphatic heterocycles. The van der Waals surface area contributed by atoms with Crippen molar-refractivity contribution in [3.05, 3.63) is 0 Å². The fraction of sp³-hybridized carbons (Fsp3) is 1.00. The zero-order valence-electron chi connectivity index (χ0n) is 9.39. The van der Waals surface area contributed by atoms with Crippen LogP contribution >= 0.6 is 0 Å². The summed E-state index contributed by atoms with van der Waals surface area (Å²) in [5, 5.41) is 0. The van der Waals surface area contributed by atoms with E-state index in [2.05, 4.69) is 27.7 Å². The molecule has 0 aliphatic carbocycles. The summed E-state index contributed by atoms with van der Waals surface area (Å²) in [5.74, 6) is 0. The molecule has 0 aromatic heterocycles. The Morgan fingerprint density at radius 1 is 0.833 bits per heavy atom. The van der Waals surface area contributed by atoms with Crippen molar-refractivity contribution in [3.8, 4) is 0 Å². The predicted molar refractivity (Wildman–Crippen MR) is 53.3 cm³/mol. The Hall–Kier alpha value is -0.0151. The number of rotatable bonds is 0. The minimum absolute atomic E-state index is 0.0648. The van der Waals surface area contributed by atoms with E-state index in [1.165, 1.54) is 0 Å². The molecule has 1 saturated heterocycles. The highest BCUT2D eigenvalue weighted by Gasteiger charge is 2.48. The summed E-state index contributed by atoms with van der Waals surface area (Å²) in [6.07, 6.45) is 0. The van der Waals surface area contributed by atoms with Crippen LogP contribution in [0.1, 0.15) is 41.5 Å². The van der Waals surface area contributed by atoms with Gasteiger partial charge in [0.05, 0.1) is 11.2 Å². The van der Waals surface area contributed by atoms with E-state index in [9.17, 15) is 0 Å². The molecule has 1 aliphatic rings. The maximum Gasteiger partial charge on any atom is 0.454 e. The van der Waals surface area contributed by atoms with Crippen molar-refractivity contribution in [2.45, 2.75) is 59.6 Å². The third-order valence-corrected chi connectivity index (χ3v) is 2.37. The molecule has 2 nitrogen and oxygen atoms in total. The molecule has 0 aromatic rings. The fourth-order valence-corrected chi connectivity index (χ4v) is 1.14. The van der Waals surface area contributed by atoms with Gasteiger partial charge in [-0.2, -0.15) is 0 Å². The van der Waals surface area contributed by atoms with Gasteiger partial charge in [0.2, 0.25) is 0 Å². The van der Waals surface area contributed by atoms with Gasteiger partial charge in [0.1, 0.15) is 0 Å². The van der Waals surface area contributed by atoms with Gasteiger partial charge in [-0.3, -0.25) is 0 Å². The van der Waals surface area contributed by atoms with Crippen molar-refractivity contribution < 1.29 is 9.31 Å². The molecule has 72 valence electrons. The second-order valence-electron chi connectivity index (χ2n) is 3.82. The van der Waals surface area contributed by atoms with Gasteiger partial charge in [-0.05, 0) is 34.5 Å². The molecule has 0 radical (unpaired) electrons. The Kier molecular flexibility index (Phi) is 3.79. The van der Waals surface area contributed by atoms with Crippen molar-refractivity contribution in [2.75, 3.05) is 0 Å². The summed E-state index contributed by atoms with van der Waals surface area (Å²) >= 11 is 0. The van der Waals surface area contributed by atoms with Gasteiger partial charge >= 0.3 is 7.12 Å². The first-order valence-corrected chi connectivity index (χ1v) is 4.71. The van der Waals surface area contributed by atoms with Crippen LogP contribution in [0.25, 0.3) is 0 Å². The first-order chi connectivity index (χ1) is 5.35. The van der Waals surface area contributed by atoms with Gasteiger partial charge in [-0.25, -0.2) is 0 Å². The molecule has 0 spiro atoms. The van der Waals surface area contributed by atoms with E-state index in [0.29, 0.717) is 0 Å². The van der Waals surface area contributed by atoms with Crippen LogP contribution in [-0.2, 0) is 9.31 Å². The lowest BCUT2D eigenvalue weighted by Crippen LogP contribution is -2.41. The van der Waals surface area contributed by atoms with E-state index in [1.807, 2.05) is 20.7 Å². The van der Waals surface area contributed by atoms with Crippen LogP contribution in [0.2, 0.25) is 6.82 Å². The van der Waals surface area contributed by atoms with Crippen molar-refractivity contribution in [2.24, 2.45) is 0 Å². The van der Waals surface area contributed by atoms with Crippen molar-refractivity contribution >= 4 is 7.12 Å². The molecular weight excluding hydrogens is 151 g/mol. The third-order valence-electron chi connectivity index (χ3n) is 2.37. The first-order valence-electron chi connectivity index (χ1n) is 4.71. The van der Waals surface area contributed by atoms with Crippen molar-refractivity contribution in [1.82, 2.24) is 0 Å². The Morgan fingerprint density at radius 2 is 1.08 bits per heavy atom. The second kappa shape index (κ2) is 3.80. The smallest absolute Gasteiger partial charge is 0.403 e. The summed E-state index contributed by atoms with van der Waals surface area (Å²) in [4.78, 5) is 0. The van der Waals surface area contributed by atoms with E-state index in [-0.39, 0.29) is 18.3 Å². The summed E-state index contributed by atoms with van der Waals surface area (Å²) < 4.78 is 11.1. The molecule has 0 aromatic carbocycles. The Morgan fingerprint density at radius 3 is 1.17 bits per heavy atom. The molecular formula is C9H21BO2. The zero-order chi connectivity index (χ0) is 9.99. The highest BCUT2D eigenvalue weighted by Crippen LogP contribution is 2.36. The molecule has 0 bridgehead atoms. The highest BCUT2D eigenvalue weighted by molar-refractivity contribution is 6.43. The normalized spacial score (nSPS) is 24.8. The average molecular weight is 172 g/mol. The highest BCUT2D eigenvalue weighted by atomic mass is 16.7. The topological polar surface area (TPSA) is 18.5 Å². The first kappa shape index (κ1) is 12.0. The molecule has 12 heavy (non-hydrogen) atoms. The molecule has 0 N–H and O–H groups in total. The summed E-state index contributed by atoms with van der Waals surface area (Å²) in [7, 11) is -0.0648. The van der Waals surface area contributed by atoms with Crippen LogP contribution in [0.5, 0.6) is 0 Å². The van der Waals surface area contributed by atoms with E-state index in [4.69, 9.17) is 9.31 Å². The lowest BCUT2D eigenvalue weighted by Gasteiger charge is -2.32. The van der Waals surface area contributed by atoms with Crippen molar-refractivity contribution in [3.63, 3.8) is 0 Å². The maximum atomic E-state index is 5.54. The number of hydrogen-bond acceptors (Lipinski definition) is 2. The van der Waals surface area contributed by atoms with E-state index < -0.39 is 0 Å². The van der Waals surface area contributed by atoms with Crippen LogP contribution in [0, 0.1) is 0 Å². The van der Waals surface area contributed by atoms with Crippen LogP contribution in [0.15, 0.2) is 0 Å². The average Bonchev–Trinajstić information content (AvgIpc) is 2.04. The third kappa shape index (κ3) is 2.24. The molecule has 1 rings (SSSR count). The van der Waals surface area contributed by atoms with E-state index in [0.717, 1.165) is 0 Å². The molecule has 0 atom stereocenters. The standard InChI is InChI=1S/C7H15BO2.C2H6/c1-6(2)7(3,4)10-8(5)9-6;1-2/h1-5H3;1-2H3. The molecule has 3 heteroatoms. The van der Waals surface area contributed by atoms with Crippen LogP contribution in [-0.4, -0.2) is 18.3 Å². The predicted octanol–water partition coefficient (Wildman–Crippen LogP) is 2.73. The minimum Gasteiger partial charge on any atom is -0.403 e.